The van der Waals surface area contributed by atoms with Gasteiger partial charge in [0.1, 0.15) is 6.04 Å². The van der Waals surface area contributed by atoms with Crippen LogP contribution in [0.1, 0.15) is 6.92 Å². The number of nitro benzene ring substituents is 1. The first-order chi connectivity index (χ1) is 13.0. The van der Waals surface area contributed by atoms with E-state index < -0.39 is 11.0 Å². The Hall–Kier alpha value is -3.13. The third kappa shape index (κ3) is 4.95. The number of nitrogens with zero attached hydrogens (tertiary/aromatic N) is 2. The minimum atomic E-state index is -0.550. The average Bonchev–Trinajstić information content (AvgIpc) is 2.69. The summed E-state index contributed by atoms with van der Waals surface area (Å²) in [5, 5.41) is 16.7. The van der Waals surface area contributed by atoms with Crippen molar-refractivity contribution in [3.05, 3.63) is 58.6 Å². The molecular weight excluding hydrogens is 348 g/mol. The molecule has 3 rings (SSSR count). The number of nitrogens with one attached hydrogen (secondary N) is 2. The van der Waals surface area contributed by atoms with Gasteiger partial charge in [-0.15, -0.1) is 0 Å². The summed E-state index contributed by atoms with van der Waals surface area (Å²) in [6, 6.07) is 13.2. The van der Waals surface area contributed by atoms with E-state index in [4.69, 9.17) is 4.74 Å². The molecule has 0 saturated carbocycles. The highest BCUT2D eigenvalue weighted by Crippen LogP contribution is 2.20. The van der Waals surface area contributed by atoms with Crippen molar-refractivity contribution in [2.75, 3.05) is 41.8 Å². The molecule has 27 heavy (non-hydrogen) atoms. The fraction of sp³-hybridized carbons (Fsp3) is 0.316. The van der Waals surface area contributed by atoms with E-state index in [9.17, 15) is 14.9 Å². The lowest BCUT2D eigenvalue weighted by Gasteiger charge is -2.29. The average molecular weight is 370 g/mol. The molecule has 142 valence electrons. The summed E-state index contributed by atoms with van der Waals surface area (Å²) in [6.07, 6.45) is 0. The molecule has 1 heterocycles. The Balaban J connectivity index is 1.57. The van der Waals surface area contributed by atoms with Crippen molar-refractivity contribution >= 4 is 28.7 Å². The summed E-state index contributed by atoms with van der Waals surface area (Å²) >= 11 is 0. The van der Waals surface area contributed by atoms with Crippen molar-refractivity contribution in [1.82, 2.24) is 0 Å². The second-order valence-corrected chi connectivity index (χ2v) is 6.31. The van der Waals surface area contributed by atoms with E-state index in [1.807, 2.05) is 24.3 Å². The van der Waals surface area contributed by atoms with Gasteiger partial charge in [-0.2, -0.15) is 0 Å². The smallest absolute Gasteiger partial charge is 0.271 e. The van der Waals surface area contributed by atoms with Crippen molar-refractivity contribution < 1.29 is 14.5 Å². The van der Waals surface area contributed by atoms with Gasteiger partial charge in [-0.1, -0.05) is 6.07 Å². The molecule has 2 aromatic rings. The number of anilines is 3. The molecule has 8 heteroatoms. The summed E-state index contributed by atoms with van der Waals surface area (Å²) in [5.74, 6) is -0.222. The highest BCUT2D eigenvalue weighted by Gasteiger charge is 2.15. The number of hydrogen-bond donors (Lipinski definition) is 2. The van der Waals surface area contributed by atoms with E-state index in [0.29, 0.717) is 11.4 Å². The van der Waals surface area contributed by atoms with Gasteiger partial charge in [0.25, 0.3) is 5.69 Å². The highest BCUT2D eigenvalue weighted by molar-refractivity contribution is 5.96. The maximum absolute atomic E-state index is 12.4. The van der Waals surface area contributed by atoms with Gasteiger partial charge in [-0.3, -0.25) is 14.9 Å². The molecule has 0 aliphatic carbocycles. The summed E-state index contributed by atoms with van der Waals surface area (Å²) in [5.41, 5.74) is 2.30. The third-order valence-corrected chi connectivity index (χ3v) is 4.34. The Morgan fingerprint density at radius 2 is 1.85 bits per heavy atom. The van der Waals surface area contributed by atoms with Crippen molar-refractivity contribution in [1.29, 1.82) is 0 Å². The monoisotopic (exact) mass is 370 g/mol. The van der Waals surface area contributed by atoms with E-state index in [0.717, 1.165) is 32.0 Å². The van der Waals surface area contributed by atoms with Crippen molar-refractivity contribution in [3.63, 3.8) is 0 Å². The summed E-state index contributed by atoms with van der Waals surface area (Å²) < 4.78 is 5.35. The second kappa shape index (κ2) is 8.50. The van der Waals surface area contributed by atoms with Crippen molar-refractivity contribution in [2.45, 2.75) is 13.0 Å². The Morgan fingerprint density at radius 1 is 1.15 bits per heavy atom. The number of hydrogen-bond acceptors (Lipinski definition) is 6. The molecule has 1 amide bonds. The van der Waals surface area contributed by atoms with Crippen LogP contribution in [0.2, 0.25) is 0 Å². The summed E-state index contributed by atoms with van der Waals surface area (Å²) in [6.45, 7) is 4.86. The van der Waals surface area contributed by atoms with Crippen LogP contribution in [0, 0.1) is 10.1 Å². The maximum Gasteiger partial charge on any atom is 0.271 e. The number of morpholine rings is 1. The number of amides is 1. The van der Waals surface area contributed by atoms with Gasteiger partial charge < -0.3 is 20.3 Å². The SMILES string of the molecule is C[C@@H](Nc1cccc([N+](=O)[O-])c1)C(=O)Nc1ccc(N2CCOCC2)cc1. The van der Waals surface area contributed by atoms with Crippen LogP contribution in [0.25, 0.3) is 0 Å². The van der Waals surface area contributed by atoms with Crippen LogP contribution in [-0.2, 0) is 9.53 Å². The molecule has 2 N–H and O–H groups in total. The molecule has 0 unspecified atom stereocenters. The van der Waals surface area contributed by atoms with Crippen LogP contribution >= 0.6 is 0 Å². The Morgan fingerprint density at radius 3 is 2.52 bits per heavy atom. The zero-order valence-electron chi connectivity index (χ0n) is 15.1. The van der Waals surface area contributed by atoms with Gasteiger partial charge in [-0.25, -0.2) is 0 Å². The first kappa shape index (κ1) is 18.7. The normalized spacial score (nSPS) is 15.1. The molecule has 1 aliphatic heterocycles. The molecule has 1 fully saturated rings. The maximum atomic E-state index is 12.4. The molecular formula is C19H22N4O4. The van der Waals surface area contributed by atoms with Gasteiger partial charge >= 0.3 is 0 Å². The Bertz CT molecular complexity index is 804. The predicted octanol–water partition coefficient (Wildman–Crippen LogP) is 2.87. The lowest BCUT2D eigenvalue weighted by atomic mass is 10.2. The molecule has 1 saturated heterocycles. The predicted molar refractivity (Wildman–Crippen MR) is 104 cm³/mol. The number of non-ortho nitro benzene ring substituents is 1. The van der Waals surface area contributed by atoms with Crippen molar-refractivity contribution in [3.8, 4) is 0 Å². The second-order valence-electron chi connectivity index (χ2n) is 6.31. The van der Waals surface area contributed by atoms with E-state index in [1.165, 1.54) is 12.1 Å². The lowest BCUT2D eigenvalue weighted by molar-refractivity contribution is -0.384. The Kier molecular flexibility index (Phi) is 5.87. The van der Waals surface area contributed by atoms with E-state index >= 15 is 0 Å². The van der Waals surface area contributed by atoms with Crippen molar-refractivity contribution in [2.24, 2.45) is 0 Å². The minimum absolute atomic E-state index is 0.0219. The topological polar surface area (TPSA) is 96.7 Å². The van der Waals surface area contributed by atoms with Crippen LogP contribution < -0.4 is 15.5 Å². The lowest BCUT2D eigenvalue weighted by Crippen LogP contribution is -2.36. The molecule has 1 aliphatic rings. The summed E-state index contributed by atoms with van der Waals surface area (Å²) in [4.78, 5) is 25.0. The van der Waals surface area contributed by atoms with E-state index in [1.54, 1.807) is 19.1 Å². The molecule has 0 spiro atoms. The number of rotatable bonds is 6. The van der Waals surface area contributed by atoms with Crippen LogP contribution in [0.3, 0.4) is 0 Å². The molecule has 2 aromatic carbocycles. The van der Waals surface area contributed by atoms with E-state index in [2.05, 4.69) is 15.5 Å². The molecule has 0 radical (unpaired) electrons. The largest absolute Gasteiger partial charge is 0.378 e. The highest BCUT2D eigenvalue weighted by atomic mass is 16.6. The zero-order chi connectivity index (χ0) is 19.2. The fourth-order valence-electron chi connectivity index (χ4n) is 2.85. The fourth-order valence-corrected chi connectivity index (χ4v) is 2.85. The van der Waals surface area contributed by atoms with E-state index in [-0.39, 0.29) is 11.6 Å². The van der Waals surface area contributed by atoms with Crippen LogP contribution in [0.15, 0.2) is 48.5 Å². The minimum Gasteiger partial charge on any atom is -0.378 e. The third-order valence-electron chi connectivity index (χ3n) is 4.34. The van der Waals surface area contributed by atoms with Crippen LogP contribution in [0.4, 0.5) is 22.7 Å². The number of carbonyl (C=O) groups excluding carboxylic acids is 1. The number of benzene rings is 2. The van der Waals surface area contributed by atoms with Crippen LogP contribution in [0.5, 0.6) is 0 Å². The Labute approximate surface area is 157 Å². The zero-order valence-corrected chi connectivity index (χ0v) is 15.1. The number of carbonyl (C=O) groups is 1. The standard InChI is InChI=1S/C19H22N4O4/c1-14(20-16-3-2-4-18(13-16)23(25)26)19(24)21-15-5-7-17(8-6-15)22-9-11-27-12-10-22/h2-8,13-14,20H,9-12H2,1H3,(H,21,24)/t14-/m1/s1. The van der Waals surface area contributed by atoms with Gasteiger partial charge in [0.05, 0.1) is 18.1 Å². The van der Waals surface area contributed by atoms with Gasteiger partial charge in [0, 0.05) is 42.3 Å². The number of ether oxygens (including phenoxy) is 1. The van der Waals surface area contributed by atoms with Gasteiger partial charge in [0.2, 0.25) is 5.91 Å². The molecule has 8 nitrogen and oxygen atoms in total. The van der Waals surface area contributed by atoms with Gasteiger partial charge in [-0.05, 0) is 37.3 Å². The number of nitro groups is 1. The molecule has 1 atom stereocenters. The molecule has 0 bridgehead atoms. The van der Waals surface area contributed by atoms with Gasteiger partial charge in [0.15, 0.2) is 0 Å². The summed E-state index contributed by atoms with van der Waals surface area (Å²) in [7, 11) is 0. The first-order valence-electron chi connectivity index (χ1n) is 8.77. The molecule has 0 aromatic heterocycles. The van der Waals surface area contributed by atoms with Crippen LogP contribution in [-0.4, -0.2) is 43.2 Å². The first-order valence-corrected chi connectivity index (χ1v) is 8.77. The quantitative estimate of drug-likeness (QED) is 0.599.